The van der Waals surface area contributed by atoms with E-state index in [1.807, 2.05) is 0 Å². The fourth-order valence-corrected chi connectivity index (χ4v) is 3.46. The lowest BCUT2D eigenvalue weighted by atomic mass is 10.1. The van der Waals surface area contributed by atoms with Crippen LogP contribution in [0.2, 0.25) is 0 Å². The fraction of sp³-hybridized carbons (Fsp3) is 0.650. The van der Waals surface area contributed by atoms with E-state index >= 15 is 0 Å². The van der Waals surface area contributed by atoms with E-state index in [4.69, 9.17) is 15.2 Å². The molecule has 0 aliphatic heterocycles. The van der Waals surface area contributed by atoms with Crippen molar-refractivity contribution in [3.8, 4) is 11.8 Å². The van der Waals surface area contributed by atoms with Crippen LogP contribution in [-0.4, -0.2) is 45.6 Å². The third-order valence-electron chi connectivity index (χ3n) is 4.76. The molecule has 1 amide bonds. The number of nitrogens with two attached hydrogens (primary N) is 1. The first kappa shape index (κ1) is 22.4. The molecular formula is C20H28N4O5. The quantitative estimate of drug-likeness (QED) is 0.397. The standard InChI is InChI=1S/C20H28N4O5/c1-4-5-6-7-8-9-16-19(20(21)27)22-23-24(16)17-10-15(12-28-13(2)25)11-18(17)29-14(3)26/h15,17-18H,4-7,10-12H2,1-3H3,(H2,21,27)/t15-,17+,18+/m0/s1. The van der Waals surface area contributed by atoms with E-state index in [9.17, 15) is 14.4 Å². The number of aromatic nitrogens is 3. The van der Waals surface area contributed by atoms with Crippen molar-refractivity contribution in [3.63, 3.8) is 0 Å². The summed E-state index contributed by atoms with van der Waals surface area (Å²) in [5.74, 6) is 4.51. The molecule has 9 heteroatoms. The van der Waals surface area contributed by atoms with Crippen molar-refractivity contribution in [2.75, 3.05) is 6.61 Å². The lowest BCUT2D eigenvalue weighted by Gasteiger charge is -2.19. The molecule has 0 radical (unpaired) electrons. The van der Waals surface area contributed by atoms with Gasteiger partial charge in [0, 0.05) is 20.3 Å². The van der Waals surface area contributed by atoms with Gasteiger partial charge in [-0.15, -0.1) is 5.10 Å². The summed E-state index contributed by atoms with van der Waals surface area (Å²) < 4.78 is 12.1. The van der Waals surface area contributed by atoms with Crippen molar-refractivity contribution in [1.82, 2.24) is 15.0 Å². The molecule has 0 spiro atoms. The molecule has 0 saturated heterocycles. The number of amides is 1. The van der Waals surface area contributed by atoms with Crippen LogP contribution in [0.5, 0.6) is 0 Å². The van der Waals surface area contributed by atoms with Gasteiger partial charge < -0.3 is 15.2 Å². The number of rotatable bonds is 8. The van der Waals surface area contributed by atoms with E-state index in [1.165, 1.54) is 18.5 Å². The summed E-state index contributed by atoms with van der Waals surface area (Å²) in [5, 5.41) is 7.98. The van der Waals surface area contributed by atoms with Crippen molar-refractivity contribution >= 4 is 17.8 Å². The number of esters is 2. The minimum absolute atomic E-state index is 0.00185. The van der Waals surface area contributed by atoms with Gasteiger partial charge in [-0.25, -0.2) is 4.68 Å². The summed E-state index contributed by atoms with van der Waals surface area (Å²) in [7, 11) is 0. The first-order valence-electron chi connectivity index (χ1n) is 9.87. The highest BCUT2D eigenvalue weighted by atomic mass is 16.5. The first-order chi connectivity index (χ1) is 13.8. The van der Waals surface area contributed by atoms with Gasteiger partial charge >= 0.3 is 11.9 Å². The predicted octanol–water partition coefficient (Wildman–Crippen LogP) is 1.75. The minimum Gasteiger partial charge on any atom is -0.466 e. The minimum atomic E-state index is -0.715. The number of nitrogens with zero attached hydrogens (tertiary/aromatic N) is 3. The van der Waals surface area contributed by atoms with Crippen molar-refractivity contribution in [2.45, 2.75) is 71.4 Å². The Morgan fingerprint density at radius 3 is 2.59 bits per heavy atom. The second-order valence-electron chi connectivity index (χ2n) is 7.21. The fourth-order valence-electron chi connectivity index (χ4n) is 3.46. The summed E-state index contributed by atoms with van der Waals surface area (Å²) in [6, 6.07) is -0.375. The first-order valence-corrected chi connectivity index (χ1v) is 9.87. The van der Waals surface area contributed by atoms with Gasteiger partial charge in [0.05, 0.1) is 12.6 Å². The number of unbranched alkanes of at least 4 members (excludes halogenated alkanes) is 3. The molecule has 1 aromatic heterocycles. The lowest BCUT2D eigenvalue weighted by Crippen LogP contribution is -2.26. The van der Waals surface area contributed by atoms with Crippen LogP contribution < -0.4 is 5.73 Å². The molecule has 158 valence electrons. The number of hydrogen-bond donors (Lipinski definition) is 1. The molecule has 1 fully saturated rings. The average Bonchev–Trinajstić information content (AvgIpc) is 3.23. The number of primary amides is 1. The molecule has 0 unspecified atom stereocenters. The van der Waals surface area contributed by atoms with E-state index in [0.29, 0.717) is 25.0 Å². The molecule has 29 heavy (non-hydrogen) atoms. The highest BCUT2D eigenvalue weighted by Gasteiger charge is 2.40. The molecule has 1 aliphatic carbocycles. The third kappa shape index (κ3) is 6.31. The van der Waals surface area contributed by atoms with Crippen molar-refractivity contribution in [3.05, 3.63) is 11.4 Å². The van der Waals surface area contributed by atoms with Crippen LogP contribution in [0.4, 0.5) is 0 Å². The van der Waals surface area contributed by atoms with Crippen molar-refractivity contribution < 1.29 is 23.9 Å². The van der Waals surface area contributed by atoms with Gasteiger partial charge in [-0.05, 0) is 31.1 Å². The Hall–Kier alpha value is -2.89. The van der Waals surface area contributed by atoms with Gasteiger partial charge in [-0.3, -0.25) is 14.4 Å². The molecule has 0 bridgehead atoms. The monoisotopic (exact) mass is 404 g/mol. The smallest absolute Gasteiger partial charge is 0.302 e. The summed E-state index contributed by atoms with van der Waals surface area (Å²) in [6.07, 6.45) is 4.36. The van der Waals surface area contributed by atoms with Gasteiger partial charge in [-0.2, -0.15) is 0 Å². The van der Waals surface area contributed by atoms with Crippen LogP contribution in [0.1, 0.15) is 81.5 Å². The number of carbonyl (C=O) groups excluding carboxylic acids is 3. The van der Waals surface area contributed by atoms with Crippen molar-refractivity contribution in [1.29, 1.82) is 0 Å². The van der Waals surface area contributed by atoms with Crippen LogP contribution in [0.25, 0.3) is 0 Å². The van der Waals surface area contributed by atoms with E-state index < -0.39 is 18.0 Å². The largest absolute Gasteiger partial charge is 0.466 e. The zero-order valence-corrected chi connectivity index (χ0v) is 17.1. The van der Waals surface area contributed by atoms with Gasteiger partial charge in [0.25, 0.3) is 5.91 Å². The molecule has 3 atom stereocenters. The Labute approximate surface area is 170 Å². The molecule has 1 aromatic rings. The molecule has 0 aromatic carbocycles. The van der Waals surface area contributed by atoms with E-state index in [2.05, 4.69) is 29.1 Å². The zero-order valence-electron chi connectivity index (χ0n) is 17.1. The van der Waals surface area contributed by atoms with E-state index in [0.717, 1.165) is 19.3 Å². The zero-order chi connectivity index (χ0) is 21.4. The molecule has 2 rings (SSSR count). The SMILES string of the molecule is CCCCCC#Cc1c(C(N)=O)nnn1[C@@H]1C[C@H](COC(C)=O)C[C@H]1OC(C)=O. The van der Waals surface area contributed by atoms with Gasteiger partial charge in [0.15, 0.2) is 5.69 Å². The van der Waals surface area contributed by atoms with Crippen LogP contribution in [0.3, 0.4) is 0 Å². The summed E-state index contributed by atoms with van der Waals surface area (Å²) in [6.45, 7) is 5.01. The van der Waals surface area contributed by atoms with Crippen molar-refractivity contribution in [2.24, 2.45) is 11.7 Å². The molecule has 1 aliphatic rings. The topological polar surface area (TPSA) is 126 Å². The highest BCUT2D eigenvalue weighted by Crippen LogP contribution is 2.37. The van der Waals surface area contributed by atoms with Gasteiger partial charge in [0.1, 0.15) is 11.8 Å². The molecular weight excluding hydrogens is 376 g/mol. The normalized spacial score (nSPS) is 20.6. The third-order valence-corrected chi connectivity index (χ3v) is 4.76. The number of hydrogen-bond acceptors (Lipinski definition) is 7. The molecule has 9 nitrogen and oxygen atoms in total. The molecule has 2 N–H and O–H groups in total. The maximum absolute atomic E-state index is 11.8. The summed E-state index contributed by atoms with van der Waals surface area (Å²) in [4.78, 5) is 34.5. The van der Waals surface area contributed by atoms with Crippen LogP contribution >= 0.6 is 0 Å². The Morgan fingerprint density at radius 1 is 1.21 bits per heavy atom. The number of ether oxygens (including phenoxy) is 2. The Balaban J connectivity index is 2.29. The van der Waals surface area contributed by atoms with E-state index in [1.54, 1.807) is 0 Å². The summed E-state index contributed by atoms with van der Waals surface area (Å²) in [5.41, 5.74) is 5.76. The van der Waals surface area contributed by atoms with Crippen LogP contribution in [0, 0.1) is 17.8 Å². The Morgan fingerprint density at radius 2 is 1.97 bits per heavy atom. The average molecular weight is 404 g/mol. The maximum atomic E-state index is 11.8. The highest BCUT2D eigenvalue weighted by molar-refractivity contribution is 5.92. The lowest BCUT2D eigenvalue weighted by molar-refractivity contribution is -0.148. The molecule has 1 heterocycles. The second kappa shape index (κ2) is 10.6. The Kier molecular flexibility index (Phi) is 8.19. The van der Waals surface area contributed by atoms with E-state index in [-0.39, 0.29) is 30.2 Å². The van der Waals surface area contributed by atoms with Gasteiger partial charge in [-0.1, -0.05) is 30.9 Å². The van der Waals surface area contributed by atoms with Crippen LogP contribution in [-0.2, 0) is 19.1 Å². The summed E-state index contributed by atoms with van der Waals surface area (Å²) >= 11 is 0. The predicted molar refractivity (Wildman–Crippen MR) is 104 cm³/mol. The maximum Gasteiger partial charge on any atom is 0.302 e. The number of carbonyl (C=O) groups is 3. The second-order valence-corrected chi connectivity index (χ2v) is 7.21. The van der Waals surface area contributed by atoms with Crippen LogP contribution in [0.15, 0.2) is 0 Å². The Bertz CT molecular complexity index is 808. The molecule has 1 saturated carbocycles. The van der Waals surface area contributed by atoms with Gasteiger partial charge in [0.2, 0.25) is 0 Å².